The van der Waals surface area contributed by atoms with Crippen LogP contribution in [0.2, 0.25) is 0 Å². The van der Waals surface area contributed by atoms with E-state index in [2.05, 4.69) is 21.2 Å². The molecule has 112 valence electrons. The van der Waals surface area contributed by atoms with Gasteiger partial charge in [0.05, 0.1) is 5.56 Å². The van der Waals surface area contributed by atoms with Gasteiger partial charge in [-0.2, -0.15) is 13.2 Å². The van der Waals surface area contributed by atoms with Crippen molar-refractivity contribution in [2.45, 2.75) is 19.3 Å². The van der Waals surface area contributed by atoms with E-state index >= 15 is 0 Å². The van der Waals surface area contributed by atoms with Crippen LogP contribution in [0.3, 0.4) is 0 Å². The van der Waals surface area contributed by atoms with E-state index in [1.165, 1.54) is 6.07 Å². The predicted octanol–water partition coefficient (Wildman–Crippen LogP) is 4.90. The smallest absolute Gasteiger partial charge is 0.309 e. The summed E-state index contributed by atoms with van der Waals surface area (Å²) < 4.78 is 51.9. The second-order valence-electron chi connectivity index (χ2n) is 4.54. The molecule has 0 unspecified atom stereocenters. The van der Waals surface area contributed by atoms with E-state index in [-0.39, 0.29) is 6.54 Å². The molecule has 1 N–H and O–H groups in total. The zero-order chi connectivity index (χ0) is 15.5. The molecule has 0 heterocycles. The minimum absolute atomic E-state index is 0.236. The largest absolute Gasteiger partial charge is 0.419 e. The molecule has 0 aromatic heterocycles. The van der Waals surface area contributed by atoms with E-state index in [0.717, 1.165) is 22.2 Å². The van der Waals surface area contributed by atoms with Gasteiger partial charge in [-0.25, -0.2) is 4.39 Å². The highest BCUT2D eigenvalue weighted by molar-refractivity contribution is 9.10. The fraction of sp³-hybridized carbons (Fsp3) is 0.200. The van der Waals surface area contributed by atoms with E-state index in [1.54, 1.807) is 0 Å². The van der Waals surface area contributed by atoms with E-state index in [9.17, 15) is 17.6 Å². The van der Waals surface area contributed by atoms with Gasteiger partial charge < -0.3 is 5.32 Å². The molecule has 0 spiro atoms. The lowest BCUT2D eigenvalue weighted by Crippen LogP contribution is -2.14. The Morgan fingerprint density at radius 3 is 2.10 bits per heavy atom. The normalized spacial score (nSPS) is 11.7. The van der Waals surface area contributed by atoms with Crippen molar-refractivity contribution >= 4 is 15.9 Å². The third-order valence-electron chi connectivity index (χ3n) is 2.91. The lowest BCUT2D eigenvalue weighted by Gasteiger charge is -2.11. The van der Waals surface area contributed by atoms with Crippen molar-refractivity contribution in [3.63, 3.8) is 0 Å². The summed E-state index contributed by atoms with van der Waals surface area (Å²) in [6.45, 7) is 0.755. The molecule has 0 fully saturated rings. The first kappa shape index (κ1) is 16.0. The Balaban J connectivity index is 1.99. The molecule has 6 heteroatoms. The zero-order valence-electron chi connectivity index (χ0n) is 10.8. The first-order valence-corrected chi connectivity index (χ1v) is 6.96. The van der Waals surface area contributed by atoms with Gasteiger partial charge in [-0.15, -0.1) is 0 Å². The summed E-state index contributed by atoms with van der Waals surface area (Å²) in [7, 11) is 0. The molecule has 0 saturated heterocycles. The van der Waals surface area contributed by atoms with Gasteiger partial charge in [0.15, 0.2) is 0 Å². The second-order valence-corrected chi connectivity index (χ2v) is 5.46. The third kappa shape index (κ3) is 4.54. The quantitative estimate of drug-likeness (QED) is 0.764. The highest BCUT2D eigenvalue weighted by Crippen LogP contribution is 2.31. The van der Waals surface area contributed by atoms with Crippen LogP contribution in [0.25, 0.3) is 0 Å². The monoisotopic (exact) mass is 361 g/mol. The molecule has 2 aromatic rings. The minimum Gasteiger partial charge on any atom is -0.309 e. The van der Waals surface area contributed by atoms with E-state index in [1.807, 2.05) is 24.3 Å². The van der Waals surface area contributed by atoms with Crippen LogP contribution in [0.4, 0.5) is 17.6 Å². The summed E-state index contributed by atoms with van der Waals surface area (Å²) in [5.74, 6) is -1.25. The number of halogens is 5. The maximum absolute atomic E-state index is 13.1. The molecule has 0 saturated carbocycles. The Morgan fingerprint density at radius 2 is 1.48 bits per heavy atom. The molecule has 0 atom stereocenters. The number of hydrogen-bond acceptors (Lipinski definition) is 1. The molecule has 0 aliphatic rings. The van der Waals surface area contributed by atoms with Crippen molar-refractivity contribution in [1.82, 2.24) is 5.32 Å². The Labute approximate surface area is 128 Å². The van der Waals surface area contributed by atoms with Crippen LogP contribution in [-0.2, 0) is 19.3 Å². The number of alkyl halides is 3. The molecule has 1 nitrogen and oxygen atoms in total. The fourth-order valence-corrected chi connectivity index (χ4v) is 2.12. The molecule has 0 aliphatic carbocycles. The van der Waals surface area contributed by atoms with Gasteiger partial charge in [0.1, 0.15) is 5.82 Å². The van der Waals surface area contributed by atoms with Crippen LogP contribution in [-0.4, -0.2) is 0 Å². The van der Waals surface area contributed by atoms with Gasteiger partial charge >= 0.3 is 6.18 Å². The van der Waals surface area contributed by atoms with Crippen LogP contribution < -0.4 is 5.32 Å². The summed E-state index contributed by atoms with van der Waals surface area (Å²) in [5.41, 5.74) is 0.169. The molecule has 2 rings (SSSR count). The van der Waals surface area contributed by atoms with Gasteiger partial charge in [0.25, 0.3) is 0 Å². The van der Waals surface area contributed by atoms with Crippen LogP contribution in [0, 0.1) is 5.82 Å². The SMILES string of the molecule is Fc1ccc(CNCc2ccc(Br)cc2)cc1C(F)(F)F. The fourth-order valence-electron chi connectivity index (χ4n) is 1.85. The number of benzene rings is 2. The number of hydrogen-bond donors (Lipinski definition) is 1. The standard InChI is InChI=1S/C15H12BrF4N/c16-12-4-1-10(2-5-12)8-21-9-11-3-6-14(17)13(7-11)15(18,19)20/h1-7,21H,8-9H2. The van der Waals surface area contributed by atoms with Gasteiger partial charge in [-0.3, -0.25) is 0 Å². The molecule has 2 aromatic carbocycles. The van der Waals surface area contributed by atoms with E-state index in [0.29, 0.717) is 12.1 Å². The average molecular weight is 362 g/mol. The topological polar surface area (TPSA) is 12.0 Å². The van der Waals surface area contributed by atoms with Crippen LogP contribution >= 0.6 is 15.9 Å². The van der Waals surface area contributed by atoms with Crippen molar-refractivity contribution < 1.29 is 17.6 Å². The third-order valence-corrected chi connectivity index (χ3v) is 3.44. The van der Waals surface area contributed by atoms with Crippen molar-refractivity contribution in [3.05, 3.63) is 69.4 Å². The zero-order valence-corrected chi connectivity index (χ0v) is 12.4. The van der Waals surface area contributed by atoms with Gasteiger partial charge in [-0.05, 0) is 35.4 Å². The average Bonchev–Trinajstić information content (AvgIpc) is 2.41. The molecule has 21 heavy (non-hydrogen) atoms. The lowest BCUT2D eigenvalue weighted by atomic mass is 10.1. The van der Waals surface area contributed by atoms with Crippen LogP contribution in [0.15, 0.2) is 46.9 Å². The minimum atomic E-state index is -4.67. The maximum Gasteiger partial charge on any atom is 0.419 e. The Hall–Kier alpha value is -1.40. The molecular weight excluding hydrogens is 350 g/mol. The van der Waals surface area contributed by atoms with Crippen LogP contribution in [0.1, 0.15) is 16.7 Å². The molecule has 0 amide bonds. The molecule has 0 bridgehead atoms. The van der Waals surface area contributed by atoms with Gasteiger partial charge in [-0.1, -0.05) is 34.1 Å². The van der Waals surface area contributed by atoms with E-state index < -0.39 is 17.6 Å². The van der Waals surface area contributed by atoms with Crippen molar-refractivity contribution in [2.24, 2.45) is 0 Å². The highest BCUT2D eigenvalue weighted by Gasteiger charge is 2.34. The molecule has 0 radical (unpaired) electrons. The Morgan fingerprint density at radius 1 is 0.905 bits per heavy atom. The molecule has 0 aliphatic heterocycles. The second kappa shape index (κ2) is 6.58. The van der Waals surface area contributed by atoms with Crippen molar-refractivity contribution in [3.8, 4) is 0 Å². The summed E-state index contributed by atoms with van der Waals surface area (Å²) in [6, 6.07) is 10.6. The van der Waals surface area contributed by atoms with Gasteiger partial charge in [0, 0.05) is 17.6 Å². The summed E-state index contributed by atoms with van der Waals surface area (Å²) in [5, 5.41) is 3.03. The first-order valence-electron chi connectivity index (χ1n) is 6.17. The maximum atomic E-state index is 13.1. The Bertz CT molecular complexity index is 608. The number of nitrogens with one attached hydrogen (secondary N) is 1. The number of rotatable bonds is 4. The predicted molar refractivity (Wildman–Crippen MR) is 76.1 cm³/mol. The first-order chi connectivity index (χ1) is 9.86. The van der Waals surface area contributed by atoms with E-state index in [4.69, 9.17) is 0 Å². The highest BCUT2D eigenvalue weighted by atomic mass is 79.9. The van der Waals surface area contributed by atoms with Crippen molar-refractivity contribution in [2.75, 3.05) is 0 Å². The summed E-state index contributed by atoms with van der Waals surface area (Å²) in [4.78, 5) is 0. The summed E-state index contributed by atoms with van der Waals surface area (Å²) in [6.07, 6.45) is -4.67. The van der Waals surface area contributed by atoms with Gasteiger partial charge in [0.2, 0.25) is 0 Å². The lowest BCUT2D eigenvalue weighted by molar-refractivity contribution is -0.140. The van der Waals surface area contributed by atoms with Crippen LogP contribution in [0.5, 0.6) is 0 Å². The molecular formula is C15H12BrF4N. The van der Waals surface area contributed by atoms with Crippen molar-refractivity contribution in [1.29, 1.82) is 0 Å². The summed E-state index contributed by atoms with van der Waals surface area (Å²) >= 11 is 3.32. The Kier molecular flexibility index (Phi) is 5.00.